The number of halogens is 1. The first kappa shape index (κ1) is 25.6. The van der Waals surface area contributed by atoms with Gasteiger partial charge in [-0.3, -0.25) is 14.8 Å². The summed E-state index contributed by atoms with van der Waals surface area (Å²) in [5.74, 6) is 0.164. The smallest absolute Gasteiger partial charge is 0.243 e. The number of carbonyl (C=O) groups is 2. The molecule has 0 saturated carbocycles. The normalized spacial score (nSPS) is 10.8. The van der Waals surface area contributed by atoms with E-state index in [4.69, 9.17) is 14.7 Å². The predicted molar refractivity (Wildman–Crippen MR) is 132 cm³/mol. The van der Waals surface area contributed by atoms with E-state index in [1.54, 1.807) is 61.1 Å². The highest BCUT2D eigenvalue weighted by molar-refractivity contribution is 6.11. The van der Waals surface area contributed by atoms with E-state index in [-0.39, 0.29) is 18.0 Å². The summed E-state index contributed by atoms with van der Waals surface area (Å²) in [6, 6.07) is 18.7. The van der Waals surface area contributed by atoms with Gasteiger partial charge in [0, 0.05) is 12.0 Å². The Morgan fingerprint density at radius 2 is 1.80 bits per heavy atom. The molecule has 1 amide bonds. The second-order valence-corrected chi connectivity index (χ2v) is 7.86. The van der Waals surface area contributed by atoms with Crippen LogP contribution in [0.15, 0.2) is 72.8 Å². The zero-order chi connectivity index (χ0) is 25.0. The molecule has 0 aromatic heterocycles. The summed E-state index contributed by atoms with van der Waals surface area (Å²) in [6.45, 7) is 0.435. The first-order chi connectivity index (χ1) is 17.0. The molecule has 3 aromatic carbocycles. The molecule has 0 saturated heterocycles. The molecule has 3 aromatic rings. The zero-order valence-corrected chi connectivity index (χ0v) is 19.5. The van der Waals surface area contributed by atoms with Crippen LogP contribution in [0.25, 0.3) is 17.2 Å². The summed E-state index contributed by atoms with van der Waals surface area (Å²) in [6.07, 6.45) is 5.59. The van der Waals surface area contributed by atoms with Gasteiger partial charge in [-0.1, -0.05) is 48.5 Å². The standard InChI is InChI=1S/C28H28FNO5/c1-34-26-16-14-20(18-27(26)35-17-6-2-3-12-28(32)30-33)13-15-25(31)24-11-5-4-10-23(24)21-8-7-9-22(29)19-21/h4-5,7-11,13-16,18-19,33H,2-3,6,12,17H2,1H3,(H,30,32). The van der Waals surface area contributed by atoms with Crippen LogP contribution < -0.4 is 15.0 Å². The Hall–Kier alpha value is -3.97. The average Bonchev–Trinajstić information content (AvgIpc) is 2.89. The SMILES string of the molecule is COc1ccc(C=CC(=O)c2ccccc2-c2cccc(F)c2)cc1OCCCCCC(=O)NO. The monoisotopic (exact) mass is 477 g/mol. The van der Waals surface area contributed by atoms with Gasteiger partial charge in [-0.25, -0.2) is 9.87 Å². The predicted octanol–water partition coefficient (Wildman–Crippen LogP) is 5.84. The van der Waals surface area contributed by atoms with Crippen LogP contribution in [0.5, 0.6) is 11.5 Å². The van der Waals surface area contributed by atoms with E-state index in [2.05, 4.69) is 0 Å². The van der Waals surface area contributed by atoms with E-state index in [9.17, 15) is 14.0 Å². The second kappa shape index (κ2) is 13.1. The number of hydrogen-bond donors (Lipinski definition) is 2. The number of rotatable bonds is 12. The maximum absolute atomic E-state index is 13.7. The molecule has 0 fully saturated rings. The molecule has 0 aliphatic rings. The van der Waals surface area contributed by atoms with Gasteiger partial charge in [-0.05, 0) is 66.3 Å². The zero-order valence-electron chi connectivity index (χ0n) is 19.5. The van der Waals surface area contributed by atoms with E-state index >= 15 is 0 Å². The fourth-order valence-electron chi connectivity index (χ4n) is 3.58. The molecule has 182 valence electrons. The number of nitrogens with one attached hydrogen (secondary N) is 1. The number of carbonyl (C=O) groups excluding carboxylic acids is 2. The Bertz CT molecular complexity index is 1190. The highest BCUT2D eigenvalue weighted by Crippen LogP contribution is 2.29. The van der Waals surface area contributed by atoms with Gasteiger partial charge in [0.1, 0.15) is 5.82 Å². The van der Waals surface area contributed by atoms with Crippen molar-refractivity contribution in [3.8, 4) is 22.6 Å². The molecule has 0 atom stereocenters. The molecule has 0 aliphatic carbocycles. The number of ketones is 1. The van der Waals surface area contributed by atoms with Crippen LogP contribution in [0.3, 0.4) is 0 Å². The lowest BCUT2D eigenvalue weighted by Gasteiger charge is -2.11. The second-order valence-electron chi connectivity index (χ2n) is 7.86. The molecule has 0 heterocycles. The minimum absolute atomic E-state index is 0.199. The Balaban J connectivity index is 1.67. The number of hydrogen-bond acceptors (Lipinski definition) is 5. The Labute approximate surface area is 204 Å². The number of amides is 1. The lowest BCUT2D eigenvalue weighted by molar-refractivity contribution is -0.129. The number of ether oxygens (including phenoxy) is 2. The van der Waals surface area contributed by atoms with Crippen LogP contribution in [0.1, 0.15) is 41.6 Å². The van der Waals surface area contributed by atoms with Crippen molar-refractivity contribution in [2.45, 2.75) is 25.7 Å². The first-order valence-electron chi connectivity index (χ1n) is 11.3. The number of unbranched alkanes of at least 4 members (excludes halogenated alkanes) is 2. The lowest BCUT2D eigenvalue weighted by atomic mass is 9.96. The fourth-order valence-corrected chi connectivity index (χ4v) is 3.58. The van der Waals surface area contributed by atoms with Gasteiger partial charge in [0.25, 0.3) is 0 Å². The van der Waals surface area contributed by atoms with Gasteiger partial charge in [0.2, 0.25) is 5.91 Å². The van der Waals surface area contributed by atoms with Gasteiger partial charge >= 0.3 is 0 Å². The Kier molecular flexibility index (Phi) is 9.57. The molecule has 0 aliphatic heterocycles. The van der Waals surface area contributed by atoms with Crippen molar-refractivity contribution in [3.05, 3.63) is 89.8 Å². The Morgan fingerprint density at radius 3 is 2.57 bits per heavy atom. The van der Waals surface area contributed by atoms with Crippen LogP contribution in [0.2, 0.25) is 0 Å². The number of allylic oxidation sites excluding steroid dienone is 1. The summed E-state index contributed by atoms with van der Waals surface area (Å²) < 4.78 is 24.9. The molecule has 35 heavy (non-hydrogen) atoms. The summed E-state index contributed by atoms with van der Waals surface area (Å²) in [4.78, 5) is 24.0. The van der Waals surface area contributed by atoms with Gasteiger partial charge in [-0.2, -0.15) is 0 Å². The topological polar surface area (TPSA) is 84.9 Å². The highest BCUT2D eigenvalue weighted by Gasteiger charge is 2.11. The molecule has 0 unspecified atom stereocenters. The maximum atomic E-state index is 13.7. The van der Waals surface area contributed by atoms with E-state index in [0.717, 1.165) is 18.4 Å². The van der Waals surface area contributed by atoms with Gasteiger partial charge < -0.3 is 9.47 Å². The molecule has 0 radical (unpaired) electrons. The molecular formula is C28H28FNO5. The minimum Gasteiger partial charge on any atom is -0.493 e. The lowest BCUT2D eigenvalue weighted by Crippen LogP contribution is -2.17. The maximum Gasteiger partial charge on any atom is 0.243 e. The van der Waals surface area contributed by atoms with Crippen LogP contribution in [-0.4, -0.2) is 30.6 Å². The Morgan fingerprint density at radius 1 is 0.971 bits per heavy atom. The van der Waals surface area contributed by atoms with E-state index in [0.29, 0.717) is 41.2 Å². The van der Waals surface area contributed by atoms with Crippen LogP contribution in [-0.2, 0) is 4.79 Å². The van der Waals surface area contributed by atoms with Crippen molar-refractivity contribution in [3.63, 3.8) is 0 Å². The van der Waals surface area contributed by atoms with Crippen molar-refractivity contribution < 1.29 is 28.7 Å². The van der Waals surface area contributed by atoms with Gasteiger partial charge in [0.05, 0.1) is 13.7 Å². The largest absolute Gasteiger partial charge is 0.493 e. The average molecular weight is 478 g/mol. The number of methoxy groups -OCH3 is 1. The van der Waals surface area contributed by atoms with E-state index in [1.807, 2.05) is 12.1 Å². The fraction of sp³-hybridized carbons (Fsp3) is 0.214. The number of hydroxylamine groups is 1. The van der Waals surface area contributed by atoms with Crippen LogP contribution in [0.4, 0.5) is 4.39 Å². The van der Waals surface area contributed by atoms with Crippen molar-refractivity contribution in [2.75, 3.05) is 13.7 Å². The molecule has 0 spiro atoms. The summed E-state index contributed by atoms with van der Waals surface area (Å²) in [7, 11) is 1.55. The van der Waals surface area contributed by atoms with Crippen LogP contribution in [0, 0.1) is 5.82 Å². The van der Waals surface area contributed by atoms with Gasteiger partial charge in [-0.15, -0.1) is 0 Å². The molecular weight excluding hydrogens is 449 g/mol. The molecule has 6 nitrogen and oxygen atoms in total. The van der Waals surface area contributed by atoms with Crippen molar-refractivity contribution >= 4 is 17.8 Å². The molecule has 3 rings (SSSR count). The highest BCUT2D eigenvalue weighted by atomic mass is 19.1. The third-order valence-electron chi connectivity index (χ3n) is 5.37. The van der Waals surface area contributed by atoms with E-state index in [1.165, 1.54) is 18.2 Å². The molecule has 7 heteroatoms. The van der Waals surface area contributed by atoms with E-state index < -0.39 is 5.91 Å². The first-order valence-corrected chi connectivity index (χ1v) is 11.3. The van der Waals surface area contributed by atoms with Gasteiger partial charge in [0.15, 0.2) is 17.3 Å². The molecule has 2 N–H and O–H groups in total. The van der Waals surface area contributed by atoms with Crippen molar-refractivity contribution in [1.29, 1.82) is 0 Å². The quantitative estimate of drug-likeness (QED) is 0.113. The third-order valence-corrected chi connectivity index (χ3v) is 5.37. The van der Waals surface area contributed by atoms with Crippen LogP contribution >= 0.6 is 0 Å². The summed E-state index contributed by atoms with van der Waals surface area (Å²) in [5, 5.41) is 8.51. The third kappa shape index (κ3) is 7.52. The summed E-state index contributed by atoms with van der Waals surface area (Å²) in [5.41, 5.74) is 4.16. The van der Waals surface area contributed by atoms with Crippen molar-refractivity contribution in [1.82, 2.24) is 5.48 Å². The minimum atomic E-state index is -0.403. The summed E-state index contributed by atoms with van der Waals surface area (Å²) >= 11 is 0. The number of benzene rings is 3. The van der Waals surface area contributed by atoms with Crippen molar-refractivity contribution in [2.24, 2.45) is 0 Å². The molecule has 0 bridgehead atoms.